The van der Waals surface area contributed by atoms with Crippen molar-refractivity contribution in [2.75, 3.05) is 14.2 Å². The number of nitrogens with zero attached hydrogens (tertiary/aromatic N) is 3. The molecule has 0 spiro atoms. The van der Waals surface area contributed by atoms with E-state index in [0.29, 0.717) is 17.1 Å². The van der Waals surface area contributed by atoms with Crippen LogP contribution in [-0.4, -0.2) is 34.9 Å². The molecule has 0 saturated carbocycles. The molecular weight excluding hydrogens is 296 g/mol. The molecule has 1 aliphatic rings. The van der Waals surface area contributed by atoms with E-state index in [-0.39, 0.29) is 11.9 Å². The molecular formula is C16H20N4O3. The maximum Gasteiger partial charge on any atom is 0.252 e. The molecule has 0 saturated heterocycles. The van der Waals surface area contributed by atoms with Crippen molar-refractivity contribution in [3.05, 3.63) is 35.4 Å². The lowest BCUT2D eigenvalue weighted by Crippen LogP contribution is -2.28. The molecule has 1 amide bonds. The summed E-state index contributed by atoms with van der Waals surface area (Å²) in [5.74, 6) is 2.73. The number of ether oxygens (including phenoxy) is 2. The number of fused-ring (bicyclic) bond motifs is 1. The van der Waals surface area contributed by atoms with Crippen LogP contribution in [0.25, 0.3) is 0 Å². The molecule has 3 rings (SSSR count). The largest absolute Gasteiger partial charge is 0.497 e. The molecule has 0 fully saturated rings. The van der Waals surface area contributed by atoms with E-state index in [1.54, 1.807) is 32.4 Å². The van der Waals surface area contributed by atoms with Crippen molar-refractivity contribution in [1.29, 1.82) is 0 Å². The van der Waals surface area contributed by atoms with E-state index < -0.39 is 0 Å². The van der Waals surface area contributed by atoms with Gasteiger partial charge < -0.3 is 19.4 Å². The van der Waals surface area contributed by atoms with Gasteiger partial charge in [-0.15, -0.1) is 10.2 Å². The van der Waals surface area contributed by atoms with Crippen LogP contribution in [0, 0.1) is 0 Å². The number of aryl methyl sites for hydroxylation is 1. The Kier molecular flexibility index (Phi) is 4.18. The summed E-state index contributed by atoms with van der Waals surface area (Å²) in [5, 5.41) is 11.3. The van der Waals surface area contributed by atoms with Crippen molar-refractivity contribution < 1.29 is 14.3 Å². The standard InChI is InChI=1S/C16H20N4O3/c1-10(15-19-18-14-5-4-6-20(14)15)17-16(21)11-7-12(22-2)9-13(8-11)23-3/h7-10H,4-6H2,1-3H3,(H,17,21)/t10-/m0/s1. The van der Waals surface area contributed by atoms with E-state index in [0.717, 1.165) is 31.0 Å². The fraction of sp³-hybridized carbons (Fsp3) is 0.438. The SMILES string of the molecule is COc1cc(OC)cc(C(=O)N[C@@H](C)c2nnc3n2CCC3)c1. The highest BCUT2D eigenvalue weighted by Gasteiger charge is 2.23. The number of rotatable bonds is 5. The minimum absolute atomic E-state index is 0.204. The molecule has 0 bridgehead atoms. The van der Waals surface area contributed by atoms with Gasteiger partial charge in [0.15, 0.2) is 5.82 Å². The first-order valence-corrected chi connectivity index (χ1v) is 7.58. The van der Waals surface area contributed by atoms with Gasteiger partial charge >= 0.3 is 0 Å². The Morgan fingerprint density at radius 3 is 2.57 bits per heavy atom. The van der Waals surface area contributed by atoms with E-state index >= 15 is 0 Å². The highest BCUT2D eigenvalue weighted by molar-refractivity contribution is 5.95. The normalized spacial score (nSPS) is 14.2. The number of nitrogens with one attached hydrogen (secondary N) is 1. The monoisotopic (exact) mass is 316 g/mol. The van der Waals surface area contributed by atoms with Gasteiger partial charge in [-0.05, 0) is 25.5 Å². The van der Waals surface area contributed by atoms with E-state index in [2.05, 4.69) is 20.1 Å². The van der Waals surface area contributed by atoms with Crippen LogP contribution in [0.4, 0.5) is 0 Å². The van der Waals surface area contributed by atoms with Crippen molar-refractivity contribution in [3.8, 4) is 11.5 Å². The third-order valence-corrected chi connectivity index (χ3v) is 3.99. The molecule has 122 valence electrons. The van der Waals surface area contributed by atoms with Crippen LogP contribution in [0.2, 0.25) is 0 Å². The molecule has 1 aromatic carbocycles. The van der Waals surface area contributed by atoms with Crippen molar-refractivity contribution in [2.45, 2.75) is 32.4 Å². The van der Waals surface area contributed by atoms with Crippen LogP contribution < -0.4 is 14.8 Å². The quantitative estimate of drug-likeness (QED) is 0.909. The first kappa shape index (κ1) is 15.3. The number of aromatic nitrogens is 3. The maximum atomic E-state index is 12.5. The number of amides is 1. The van der Waals surface area contributed by atoms with Crippen molar-refractivity contribution >= 4 is 5.91 Å². The average Bonchev–Trinajstić information content (AvgIpc) is 3.17. The molecule has 0 radical (unpaired) electrons. The fourth-order valence-electron chi connectivity index (χ4n) is 2.78. The highest BCUT2D eigenvalue weighted by atomic mass is 16.5. The van der Waals surface area contributed by atoms with Gasteiger partial charge in [0, 0.05) is 24.6 Å². The summed E-state index contributed by atoms with van der Waals surface area (Å²) in [4.78, 5) is 12.5. The Balaban J connectivity index is 1.78. The maximum absolute atomic E-state index is 12.5. The highest BCUT2D eigenvalue weighted by Crippen LogP contribution is 2.23. The first-order chi connectivity index (χ1) is 11.1. The smallest absolute Gasteiger partial charge is 0.252 e. The zero-order valence-electron chi connectivity index (χ0n) is 13.5. The topological polar surface area (TPSA) is 78.3 Å². The zero-order chi connectivity index (χ0) is 16.4. The van der Waals surface area contributed by atoms with Crippen LogP contribution >= 0.6 is 0 Å². The van der Waals surface area contributed by atoms with Crippen LogP contribution in [0.3, 0.4) is 0 Å². The van der Waals surface area contributed by atoms with Crippen molar-refractivity contribution in [2.24, 2.45) is 0 Å². The summed E-state index contributed by atoms with van der Waals surface area (Å²) in [6.45, 7) is 2.82. The molecule has 23 heavy (non-hydrogen) atoms. The fourth-order valence-corrected chi connectivity index (χ4v) is 2.78. The van der Waals surface area contributed by atoms with Gasteiger partial charge in [0.2, 0.25) is 0 Å². The van der Waals surface area contributed by atoms with Crippen LogP contribution in [0.5, 0.6) is 11.5 Å². The van der Waals surface area contributed by atoms with Crippen LogP contribution in [0.1, 0.15) is 41.4 Å². The molecule has 2 aromatic rings. The Morgan fingerprint density at radius 1 is 1.22 bits per heavy atom. The van der Waals surface area contributed by atoms with Crippen LogP contribution in [-0.2, 0) is 13.0 Å². The van der Waals surface area contributed by atoms with Gasteiger partial charge in [0.25, 0.3) is 5.91 Å². The number of hydrogen-bond acceptors (Lipinski definition) is 5. The molecule has 1 N–H and O–H groups in total. The van der Waals surface area contributed by atoms with Crippen molar-refractivity contribution in [3.63, 3.8) is 0 Å². The second kappa shape index (κ2) is 6.28. The summed E-state index contributed by atoms with van der Waals surface area (Å²) in [7, 11) is 3.11. The van der Waals surface area contributed by atoms with E-state index in [4.69, 9.17) is 9.47 Å². The summed E-state index contributed by atoms with van der Waals surface area (Å²) in [6.07, 6.45) is 2.02. The Morgan fingerprint density at radius 2 is 1.91 bits per heavy atom. The molecule has 1 atom stereocenters. The molecule has 1 aromatic heterocycles. The van der Waals surface area contributed by atoms with E-state index in [9.17, 15) is 4.79 Å². The number of carbonyl (C=O) groups excluding carboxylic acids is 1. The second-order valence-electron chi connectivity index (χ2n) is 5.53. The third-order valence-electron chi connectivity index (χ3n) is 3.99. The lowest BCUT2D eigenvalue weighted by atomic mass is 10.1. The Labute approximate surface area is 134 Å². The Bertz CT molecular complexity index is 704. The Hall–Kier alpha value is -2.57. The average molecular weight is 316 g/mol. The number of hydrogen-bond donors (Lipinski definition) is 1. The molecule has 0 unspecified atom stereocenters. The summed E-state index contributed by atoms with van der Waals surface area (Å²) in [5.41, 5.74) is 0.481. The number of carbonyl (C=O) groups is 1. The summed E-state index contributed by atoms with van der Waals surface area (Å²) >= 11 is 0. The molecule has 1 aliphatic heterocycles. The molecule has 2 heterocycles. The summed E-state index contributed by atoms with van der Waals surface area (Å²) in [6, 6.07) is 4.86. The van der Waals surface area contributed by atoms with Gasteiger partial charge in [0.05, 0.1) is 20.3 Å². The molecule has 7 nitrogen and oxygen atoms in total. The molecule has 0 aliphatic carbocycles. The van der Waals surface area contributed by atoms with Gasteiger partial charge in [-0.1, -0.05) is 0 Å². The van der Waals surface area contributed by atoms with Gasteiger partial charge in [-0.3, -0.25) is 4.79 Å². The lowest BCUT2D eigenvalue weighted by Gasteiger charge is -2.15. The minimum Gasteiger partial charge on any atom is -0.497 e. The lowest BCUT2D eigenvalue weighted by molar-refractivity contribution is 0.0937. The molecule has 7 heteroatoms. The van der Waals surface area contributed by atoms with Gasteiger partial charge in [0.1, 0.15) is 17.3 Å². The minimum atomic E-state index is -0.223. The second-order valence-corrected chi connectivity index (χ2v) is 5.53. The van der Waals surface area contributed by atoms with Gasteiger partial charge in [-0.25, -0.2) is 0 Å². The van der Waals surface area contributed by atoms with E-state index in [1.165, 1.54) is 0 Å². The number of methoxy groups -OCH3 is 2. The first-order valence-electron chi connectivity index (χ1n) is 7.58. The summed E-state index contributed by atoms with van der Waals surface area (Å²) < 4.78 is 12.5. The van der Waals surface area contributed by atoms with Crippen LogP contribution in [0.15, 0.2) is 18.2 Å². The zero-order valence-corrected chi connectivity index (χ0v) is 13.5. The van der Waals surface area contributed by atoms with Gasteiger partial charge in [-0.2, -0.15) is 0 Å². The van der Waals surface area contributed by atoms with E-state index in [1.807, 2.05) is 6.92 Å². The number of benzene rings is 1. The van der Waals surface area contributed by atoms with Crippen molar-refractivity contribution in [1.82, 2.24) is 20.1 Å². The third kappa shape index (κ3) is 2.99. The predicted octanol–water partition coefficient (Wildman–Crippen LogP) is 1.73. The predicted molar refractivity (Wildman–Crippen MR) is 83.8 cm³/mol.